The molecule has 0 aromatic carbocycles. The van der Waals surface area contributed by atoms with Gasteiger partial charge in [0.25, 0.3) is 0 Å². The second-order valence-corrected chi connectivity index (χ2v) is 4.99. The van der Waals surface area contributed by atoms with Gasteiger partial charge in [-0.3, -0.25) is 9.69 Å². The molecule has 5 nitrogen and oxygen atoms in total. The van der Waals surface area contributed by atoms with Crippen LogP contribution < -0.4 is 5.32 Å². The summed E-state index contributed by atoms with van der Waals surface area (Å²) in [5, 5.41) is 3.21. The van der Waals surface area contributed by atoms with Crippen LogP contribution in [0.15, 0.2) is 16.5 Å². The minimum atomic E-state index is 0.124. The maximum Gasteiger partial charge on any atom is 0.236 e. The molecule has 1 aliphatic heterocycles. The second-order valence-electron chi connectivity index (χ2n) is 4.99. The average molecular weight is 251 g/mol. The number of nitrogens with one attached hydrogen (secondary N) is 1. The molecular formula is C13H21N3O2. The summed E-state index contributed by atoms with van der Waals surface area (Å²) in [6.07, 6.45) is 0. The highest BCUT2D eigenvalue weighted by Crippen LogP contribution is 2.09. The molecule has 1 saturated heterocycles. The number of carbonyl (C=O) groups is 1. The van der Waals surface area contributed by atoms with Crippen LogP contribution >= 0.6 is 0 Å². The van der Waals surface area contributed by atoms with E-state index in [-0.39, 0.29) is 5.91 Å². The molecule has 2 heterocycles. The predicted molar refractivity (Wildman–Crippen MR) is 69.2 cm³/mol. The van der Waals surface area contributed by atoms with Crippen LogP contribution in [0.2, 0.25) is 0 Å². The van der Waals surface area contributed by atoms with Gasteiger partial charge in [-0.05, 0) is 26.1 Å². The van der Waals surface area contributed by atoms with E-state index in [4.69, 9.17) is 4.42 Å². The molecule has 100 valence electrons. The Labute approximate surface area is 108 Å². The van der Waals surface area contributed by atoms with Crippen LogP contribution in [-0.4, -0.2) is 55.5 Å². The van der Waals surface area contributed by atoms with E-state index >= 15 is 0 Å². The summed E-state index contributed by atoms with van der Waals surface area (Å²) in [4.78, 5) is 15.8. The van der Waals surface area contributed by atoms with Crippen molar-refractivity contribution in [2.75, 3.05) is 33.7 Å². The van der Waals surface area contributed by atoms with Gasteiger partial charge in [0.1, 0.15) is 11.5 Å². The van der Waals surface area contributed by atoms with Crippen LogP contribution in [0.25, 0.3) is 0 Å². The number of hydrogen-bond acceptors (Lipinski definition) is 4. The van der Waals surface area contributed by atoms with E-state index in [1.165, 1.54) is 0 Å². The van der Waals surface area contributed by atoms with Gasteiger partial charge in [-0.25, -0.2) is 0 Å². The summed E-state index contributed by atoms with van der Waals surface area (Å²) in [6, 6.07) is 4.33. The monoisotopic (exact) mass is 251 g/mol. The zero-order valence-corrected chi connectivity index (χ0v) is 11.3. The van der Waals surface area contributed by atoms with Crippen molar-refractivity contribution < 1.29 is 9.21 Å². The number of amides is 1. The van der Waals surface area contributed by atoms with E-state index in [2.05, 4.69) is 10.2 Å². The normalized spacial score (nSPS) is 15.8. The molecule has 0 spiro atoms. The van der Waals surface area contributed by atoms with Gasteiger partial charge >= 0.3 is 0 Å². The third-order valence-electron chi connectivity index (χ3n) is 3.38. The first kappa shape index (κ1) is 13.1. The Balaban J connectivity index is 1.80. The minimum absolute atomic E-state index is 0.124. The van der Waals surface area contributed by atoms with Crippen LogP contribution in [0.1, 0.15) is 11.5 Å². The van der Waals surface area contributed by atoms with Crippen LogP contribution in [0, 0.1) is 6.92 Å². The Morgan fingerprint density at radius 1 is 1.44 bits per heavy atom. The van der Waals surface area contributed by atoms with E-state index in [1.54, 1.807) is 4.90 Å². The Morgan fingerprint density at radius 2 is 2.17 bits per heavy atom. The first-order valence-electron chi connectivity index (χ1n) is 6.26. The molecule has 1 amide bonds. The van der Waals surface area contributed by atoms with Crippen LogP contribution in [0.4, 0.5) is 0 Å². The standard InChI is InChI=1S/C13H21N3O2/c1-10-4-5-12(18-10)8-16(3)13(17)9-15(2)11-6-14-7-11/h4-5,11,14H,6-9H2,1-3H3. The Bertz CT molecular complexity index is 412. The van der Waals surface area contributed by atoms with Crippen molar-refractivity contribution in [1.29, 1.82) is 0 Å². The molecule has 1 fully saturated rings. The van der Waals surface area contributed by atoms with Crippen molar-refractivity contribution in [3.8, 4) is 0 Å². The Kier molecular flexibility index (Phi) is 4.04. The largest absolute Gasteiger partial charge is 0.464 e. The fourth-order valence-electron chi connectivity index (χ4n) is 1.94. The lowest BCUT2D eigenvalue weighted by Gasteiger charge is -2.35. The molecule has 1 aromatic heterocycles. The molecule has 0 unspecified atom stereocenters. The zero-order chi connectivity index (χ0) is 13.1. The molecule has 0 bridgehead atoms. The zero-order valence-electron chi connectivity index (χ0n) is 11.3. The van der Waals surface area contributed by atoms with Gasteiger partial charge in [-0.1, -0.05) is 0 Å². The van der Waals surface area contributed by atoms with Crippen molar-refractivity contribution in [2.45, 2.75) is 19.5 Å². The number of rotatable bonds is 5. The van der Waals surface area contributed by atoms with Crippen molar-refractivity contribution in [3.05, 3.63) is 23.7 Å². The van der Waals surface area contributed by atoms with Crippen LogP contribution in [0.5, 0.6) is 0 Å². The molecular weight excluding hydrogens is 230 g/mol. The van der Waals surface area contributed by atoms with Crippen molar-refractivity contribution in [1.82, 2.24) is 15.1 Å². The topological polar surface area (TPSA) is 48.7 Å². The number of nitrogens with zero attached hydrogens (tertiary/aromatic N) is 2. The summed E-state index contributed by atoms with van der Waals surface area (Å²) in [5.41, 5.74) is 0. The fourth-order valence-corrected chi connectivity index (χ4v) is 1.94. The maximum atomic E-state index is 12.0. The highest BCUT2D eigenvalue weighted by molar-refractivity contribution is 5.77. The molecule has 1 N–H and O–H groups in total. The molecule has 18 heavy (non-hydrogen) atoms. The third kappa shape index (κ3) is 3.11. The maximum absolute atomic E-state index is 12.0. The third-order valence-corrected chi connectivity index (χ3v) is 3.38. The van der Waals surface area contributed by atoms with Gasteiger partial charge in [0.05, 0.1) is 13.1 Å². The predicted octanol–water partition coefficient (Wildman–Crippen LogP) is 0.450. The molecule has 5 heteroatoms. The van der Waals surface area contributed by atoms with E-state index in [0.29, 0.717) is 19.1 Å². The van der Waals surface area contributed by atoms with E-state index in [1.807, 2.05) is 33.2 Å². The van der Waals surface area contributed by atoms with E-state index < -0.39 is 0 Å². The van der Waals surface area contributed by atoms with Gasteiger partial charge in [0.15, 0.2) is 0 Å². The molecule has 2 rings (SSSR count). The summed E-state index contributed by atoms with van der Waals surface area (Å²) in [7, 11) is 3.81. The first-order valence-corrected chi connectivity index (χ1v) is 6.26. The number of carbonyl (C=O) groups excluding carboxylic acids is 1. The molecule has 0 saturated carbocycles. The molecule has 0 aliphatic carbocycles. The quantitative estimate of drug-likeness (QED) is 0.825. The summed E-state index contributed by atoms with van der Waals surface area (Å²) >= 11 is 0. The average Bonchev–Trinajstić information content (AvgIpc) is 2.60. The minimum Gasteiger partial charge on any atom is -0.464 e. The number of aryl methyl sites for hydroxylation is 1. The Hall–Kier alpha value is -1.33. The number of hydrogen-bond donors (Lipinski definition) is 1. The van der Waals surface area contributed by atoms with Gasteiger partial charge in [0.2, 0.25) is 5.91 Å². The molecule has 1 aromatic rings. The molecule has 0 radical (unpaired) electrons. The first-order chi connectivity index (χ1) is 8.56. The fraction of sp³-hybridized carbons (Fsp3) is 0.615. The van der Waals surface area contributed by atoms with Crippen LogP contribution in [0.3, 0.4) is 0 Å². The summed E-state index contributed by atoms with van der Waals surface area (Å²) in [6.45, 7) is 4.85. The lowest BCUT2D eigenvalue weighted by molar-refractivity contribution is -0.132. The van der Waals surface area contributed by atoms with Crippen molar-refractivity contribution in [2.24, 2.45) is 0 Å². The highest BCUT2D eigenvalue weighted by Gasteiger charge is 2.24. The van der Waals surface area contributed by atoms with Crippen LogP contribution in [-0.2, 0) is 11.3 Å². The molecule has 1 aliphatic rings. The van der Waals surface area contributed by atoms with Crippen molar-refractivity contribution >= 4 is 5.91 Å². The second kappa shape index (κ2) is 5.54. The van der Waals surface area contributed by atoms with E-state index in [0.717, 1.165) is 24.6 Å². The number of likely N-dealkylation sites (N-methyl/N-ethyl adjacent to an activating group) is 2. The number of furan rings is 1. The Morgan fingerprint density at radius 3 is 2.67 bits per heavy atom. The summed E-state index contributed by atoms with van der Waals surface area (Å²) < 4.78 is 5.47. The van der Waals surface area contributed by atoms with Gasteiger partial charge in [0, 0.05) is 26.2 Å². The van der Waals surface area contributed by atoms with Crippen molar-refractivity contribution in [3.63, 3.8) is 0 Å². The molecule has 0 atom stereocenters. The highest BCUT2D eigenvalue weighted by atomic mass is 16.3. The van der Waals surface area contributed by atoms with Gasteiger partial charge in [-0.2, -0.15) is 0 Å². The smallest absolute Gasteiger partial charge is 0.236 e. The summed E-state index contributed by atoms with van der Waals surface area (Å²) in [5.74, 6) is 1.83. The van der Waals surface area contributed by atoms with Gasteiger partial charge < -0.3 is 14.6 Å². The van der Waals surface area contributed by atoms with E-state index in [9.17, 15) is 4.79 Å². The van der Waals surface area contributed by atoms with Gasteiger partial charge in [-0.15, -0.1) is 0 Å². The lowest BCUT2D eigenvalue weighted by atomic mass is 10.1. The lowest BCUT2D eigenvalue weighted by Crippen LogP contribution is -2.57. The SMILES string of the molecule is Cc1ccc(CN(C)C(=O)CN(C)C2CNC2)o1.